The van der Waals surface area contributed by atoms with Crippen LogP contribution in [0.15, 0.2) is 28.7 Å². The molecule has 0 saturated heterocycles. The fourth-order valence-electron chi connectivity index (χ4n) is 0.875. The average Bonchev–Trinajstić information content (AvgIpc) is 2.04. The lowest BCUT2D eigenvalue weighted by Gasteiger charge is -2.03. The lowest BCUT2D eigenvalue weighted by molar-refractivity contribution is 0.0995. The van der Waals surface area contributed by atoms with Gasteiger partial charge in [0.05, 0.1) is 4.83 Å². The molecule has 0 N–H and O–H groups in total. The molecule has 0 aromatic heterocycles. The van der Waals surface area contributed by atoms with Crippen LogP contribution in [0.2, 0.25) is 0 Å². The summed E-state index contributed by atoms with van der Waals surface area (Å²) in [7, 11) is 0. The summed E-state index contributed by atoms with van der Waals surface area (Å²) < 4.78 is 0.848. The number of hydrogen-bond acceptors (Lipinski definition) is 1. The Morgan fingerprint density at radius 3 is 2.50 bits per heavy atom. The van der Waals surface area contributed by atoms with Gasteiger partial charge in [0.15, 0.2) is 5.78 Å². The van der Waals surface area contributed by atoms with Gasteiger partial charge < -0.3 is 0 Å². The van der Waals surface area contributed by atoms with Crippen molar-refractivity contribution in [2.45, 2.75) is 11.8 Å². The number of halogens is 2. The summed E-state index contributed by atoms with van der Waals surface area (Å²) in [5.74, 6) is 0.0995. The first-order valence-electron chi connectivity index (χ1n) is 3.55. The molecule has 12 heavy (non-hydrogen) atoms. The van der Waals surface area contributed by atoms with Gasteiger partial charge in [-0.15, -0.1) is 0 Å². The van der Waals surface area contributed by atoms with E-state index in [9.17, 15) is 4.79 Å². The molecule has 1 nitrogen and oxygen atoms in total. The summed E-state index contributed by atoms with van der Waals surface area (Å²) in [4.78, 5) is 11.4. The third-order valence-corrected chi connectivity index (χ3v) is 2.61. The molecule has 0 unspecified atom stereocenters. The summed E-state index contributed by atoms with van der Waals surface area (Å²) in [6.07, 6.45) is 0. The van der Waals surface area contributed by atoms with E-state index in [0.717, 1.165) is 10.0 Å². The lowest BCUT2D eigenvalue weighted by Crippen LogP contribution is -2.10. The van der Waals surface area contributed by atoms with Crippen molar-refractivity contribution in [2.75, 3.05) is 0 Å². The molecule has 0 saturated carbocycles. The standard InChI is InChI=1S/C9H8Br2O/c1-6(10)9(12)7-4-2-3-5-8(7)11/h2-6H,1H3/t6-/m1/s1. The van der Waals surface area contributed by atoms with Crippen LogP contribution < -0.4 is 0 Å². The Bertz CT molecular complexity index is 294. The summed E-state index contributed by atoms with van der Waals surface area (Å²) in [5, 5.41) is 0. The molecule has 0 spiro atoms. The van der Waals surface area contributed by atoms with E-state index in [2.05, 4.69) is 31.9 Å². The summed E-state index contributed by atoms with van der Waals surface area (Å²) in [6, 6.07) is 7.42. The highest BCUT2D eigenvalue weighted by atomic mass is 79.9. The number of rotatable bonds is 2. The molecule has 1 aromatic carbocycles. The zero-order chi connectivity index (χ0) is 9.14. The van der Waals surface area contributed by atoms with Gasteiger partial charge in [-0.2, -0.15) is 0 Å². The third kappa shape index (κ3) is 2.17. The fourth-order valence-corrected chi connectivity index (χ4v) is 1.60. The van der Waals surface area contributed by atoms with E-state index >= 15 is 0 Å². The topological polar surface area (TPSA) is 17.1 Å². The first-order chi connectivity index (χ1) is 5.63. The molecule has 0 fully saturated rings. The zero-order valence-electron chi connectivity index (χ0n) is 6.55. The molecular weight excluding hydrogens is 284 g/mol. The Hall–Kier alpha value is -0.150. The van der Waals surface area contributed by atoms with E-state index < -0.39 is 0 Å². The Morgan fingerprint density at radius 2 is 2.00 bits per heavy atom. The molecule has 0 aliphatic heterocycles. The first kappa shape index (κ1) is 9.93. The van der Waals surface area contributed by atoms with Gasteiger partial charge >= 0.3 is 0 Å². The zero-order valence-corrected chi connectivity index (χ0v) is 9.72. The lowest BCUT2D eigenvalue weighted by atomic mass is 10.1. The number of Topliss-reactive ketones (excluding diaryl/α,β-unsaturated/α-hetero) is 1. The highest BCUT2D eigenvalue weighted by Crippen LogP contribution is 2.19. The van der Waals surface area contributed by atoms with Crippen molar-refractivity contribution < 1.29 is 4.79 Å². The second-order valence-corrected chi connectivity index (χ2v) is 4.69. The number of carbonyl (C=O) groups is 1. The van der Waals surface area contributed by atoms with Gasteiger partial charge in [0.2, 0.25) is 0 Å². The van der Waals surface area contributed by atoms with Crippen LogP contribution in [0.5, 0.6) is 0 Å². The van der Waals surface area contributed by atoms with Crippen molar-refractivity contribution in [3.63, 3.8) is 0 Å². The number of carbonyl (C=O) groups excluding carboxylic acids is 1. The maximum Gasteiger partial charge on any atom is 0.177 e. The molecule has 0 bridgehead atoms. The summed E-state index contributed by atoms with van der Waals surface area (Å²) in [6.45, 7) is 1.82. The van der Waals surface area contributed by atoms with E-state index in [4.69, 9.17) is 0 Å². The second kappa shape index (κ2) is 4.19. The van der Waals surface area contributed by atoms with Crippen LogP contribution >= 0.6 is 31.9 Å². The highest BCUT2D eigenvalue weighted by molar-refractivity contribution is 9.10. The van der Waals surface area contributed by atoms with Crippen molar-refractivity contribution in [2.24, 2.45) is 0 Å². The van der Waals surface area contributed by atoms with Gasteiger partial charge in [0.1, 0.15) is 0 Å². The third-order valence-electron chi connectivity index (χ3n) is 1.50. The number of ketones is 1. The molecule has 1 atom stereocenters. The molecule has 0 aliphatic rings. The number of hydrogen-bond donors (Lipinski definition) is 0. The van der Waals surface area contributed by atoms with Crippen LogP contribution in [-0.2, 0) is 0 Å². The van der Waals surface area contributed by atoms with E-state index in [1.807, 2.05) is 31.2 Å². The van der Waals surface area contributed by atoms with E-state index in [1.54, 1.807) is 0 Å². The van der Waals surface area contributed by atoms with Crippen LogP contribution in [0.25, 0.3) is 0 Å². The smallest absolute Gasteiger partial charge is 0.177 e. The van der Waals surface area contributed by atoms with Crippen molar-refractivity contribution >= 4 is 37.6 Å². The SMILES string of the molecule is C[C@@H](Br)C(=O)c1ccccc1Br. The predicted octanol–water partition coefficient (Wildman–Crippen LogP) is 3.42. The van der Waals surface area contributed by atoms with Gasteiger partial charge in [-0.3, -0.25) is 4.79 Å². The van der Waals surface area contributed by atoms with Gasteiger partial charge in [0, 0.05) is 10.0 Å². The van der Waals surface area contributed by atoms with Gasteiger partial charge in [-0.05, 0) is 13.0 Å². The molecule has 1 rings (SSSR count). The Kier molecular flexibility index (Phi) is 3.47. The molecule has 3 heteroatoms. The summed E-state index contributed by atoms with van der Waals surface area (Å²) in [5.41, 5.74) is 0.724. The largest absolute Gasteiger partial charge is 0.293 e. The van der Waals surface area contributed by atoms with Gasteiger partial charge in [-0.1, -0.05) is 50.1 Å². The minimum Gasteiger partial charge on any atom is -0.293 e. The highest BCUT2D eigenvalue weighted by Gasteiger charge is 2.13. The van der Waals surface area contributed by atoms with Crippen LogP contribution in [0, 0.1) is 0 Å². The van der Waals surface area contributed by atoms with Crippen LogP contribution in [0.1, 0.15) is 17.3 Å². The van der Waals surface area contributed by atoms with Gasteiger partial charge in [-0.25, -0.2) is 0 Å². The molecule has 0 radical (unpaired) electrons. The minimum atomic E-state index is -0.129. The minimum absolute atomic E-state index is 0.0995. The summed E-state index contributed by atoms with van der Waals surface area (Å²) >= 11 is 6.56. The molecule has 1 aromatic rings. The number of alkyl halides is 1. The molecule has 0 aliphatic carbocycles. The Morgan fingerprint density at radius 1 is 1.42 bits per heavy atom. The molecular formula is C9H8Br2O. The maximum atomic E-state index is 11.5. The second-order valence-electron chi connectivity index (χ2n) is 2.46. The maximum absolute atomic E-state index is 11.5. The van der Waals surface area contributed by atoms with E-state index in [-0.39, 0.29) is 10.6 Å². The van der Waals surface area contributed by atoms with Crippen molar-refractivity contribution in [1.82, 2.24) is 0 Å². The van der Waals surface area contributed by atoms with Crippen molar-refractivity contribution in [1.29, 1.82) is 0 Å². The quantitative estimate of drug-likeness (QED) is 0.603. The van der Waals surface area contributed by atoms with Crippen molar-refractivity contribution in [3.8, 4) is 0 Å². The average molecular weight is 292 g/mol. The molecule has 0 heterocycles. The van der Waals surface area contributed by atoms with Crippen LogP contribution in [0.4, 0.5) is 0 Å². The number of benzene rings is 1. The molecule has 0 amide bonds. The predicted molar refractivity (Wildman–Crippen MR) is 56.9 cm³/mol. The van der Waals surface area contributed by atoms with Crippen LogP contribution in [-0.4, -0.2) is 10.6 Å². The van der Waals surface area contributed by atoms with Gasteiger partial charge in [0.25, 0.3) is 0 Å². The monoisotopic (exact) mass is 290 g/mol. The van der Waals surface area contributed by atoms with E-state index in [1.165, 1.54) is 0 Å². The van der Waals surface area contributed by atoms with Crippen molar-refractivity contribution in [3.05, 3.63) is 34.3 Å². The Balaban J connectivity index is 3.03. The van der Waals surface area contributed by atoms with E-state index in [0.29, 0.717) is 0 Å². The molecule has 64 valence electrons. The first-order valence-corrected chi connectivity index (χ1v) is 5.26. The van der Waals surface area contributed by atoms with Crippen LogP contribution in [0.3, 0.4) is 0 Å². The normalized spacial score (nSPS) is 12.6. The fraction of sp³-hybridized carbons (Fsp3) is 0.222. The Labute approximate surface area is 88.4 Å².